The second-order valence-electron chi connectivity index (χ2n) is 5.48. The molecule has 0 aliphatic heterocycles. The van der Waals surface area contributed by atoms with Crippen LogP contribution in [0.2, 0.25) is 10.0 Å². The quantitative estimate of drug-likeness (QED) is 0.672. The van der Waals surface area contributed by atoms with Crippen LogP contribution >= 0.6 is 23.2 Å². The second-order valence-corrected chi connectivity index (χ2v) is 6.32. The molecule has 0 saturated heterocycles. The largest absolute Gasteiger partial charge is 0.378 e. The molecule has 8 heteroatoms. The topological polar surface area (TPSA) is 66.0 Å². The molecule has 0 aliphatic carbocycles. The van der Waals surface area contributed by atoms with Crippen LogP contribution in [0.5, 0.6) is 0 Å². The summed E-state index contributed by atoms with van der Waals surface area (Å²) < 4.78 is 0. The summed E-state index contributed by atoms with van der Waals surface area (Å²) in [6, 6.07) is 13.1. The van der Waals surface area contributed by atoms with E-state index in [9.17, 15) is 0 Å². The molecule has 2 aromatic carbocycles. The lowest BCUT2D eigenvalue weighted by molar-refractivity contribution is 0.982. The van der Waals surface area contributed by atoms with Crippen molar-refractivity contribution in [2.24, 2.45) is 0 Å². The maximum absolute atomic E-state index is 6.15. The van der Waals surface area contributed by atoms with E-state index < -0.39 is 0 Å². The van der Waals surface area contributed by atoms with Crippen LogP contribution in [-0.2, 0) is 0 Å². The number of benzene rings is 2. The molecule has 0 aliphatic rings. The summed E-state index contributed by atoms with van der Waals surface area (Å²) in [5.74, 6) is 0.902. The van der Waals surface area contributed by atoms with Crippen molar-refractivity contribution in [3.8, 4) is 0 Å². The summed E-state index contributed by atoms with van der Waals surface area (Å²) >= 11 is 12.0. The van der Waals surface area contributed by atoms with E-state index in [1.54, 1.807) is 24.4 Å². The van der Waals surface area contributed by atoms with Crippen molar-refractivity contribution in [2.75, 3.05) is 29.6 Å². The van der Waals surface area contributed by atoms with Gasteiger partial charge in [-0.15, -0.1) is 5.10 Å². The van der Waals surface area contributed by atoms with Crippen molar-refractivity contribution >= 4 is 52.0 Å². The molecule has 0 bridgehead atoms. The van der Waals surface area contributed by atoms with E-state index in [2.05, 4.69) is 25.8 Å². The Kier molecular flexibility index (Phi) is 5.21. The first kappa shape index (κ1) is 17.3. The maximum atomic E-state index is 6.15. The minimum atomic E-state index is 0.333. The van der Waals surface area contributed by atoms with E-state index in [1.807, 2.05) is 43.3 Å². The number of hydrogen-bond acceptors (Lipinski definition) is 6. The molecule has 0 amide bonds. The van der Waals surface area contributed by atoms with Crippen LogP contribution in [0.1, 0.15) is 0 Å². The number of nitrogens with one attached hydrogen (secondary N) is 2. The first-order valence-electron chi connectivity index (χ1n) is 7.47. The Bertz CT molecular complexity index is 867. The Morgan fingerprint density at radius 2 is 1.72 bits per heavy atom. The number of rotatable bonds is 5. The van der Waals surface area contributed by atoms with Gasteiger partial charge in [0.05, 0.1) is 16.9 Å². The molecule has 0 unspecified atom stereocenters. The zero-order valence-electron chi connectivity index (χ0n) is 13.7. The highest BCUT2D eigenvalue weighted by Gasteiger charge is 2.06. The molecule has 1 heterocycles. The molecular weight excluding hydrogens is 359 g/mol. The standard InChI is InChI=1S/C17H16Cl2N6/c1-25(2)13-6-4-12(5-7-13)21-16-10-20-24-17(23-16)22-15-8-3-11(18)9-14(15)19/h3-10H,1-2H3,(H2,21,22,23,24). The summed E-state index contributed by atoms with van der Waals surface area (Å²) in [4.78, 5) is 6.42. The predicted octanol–water partition coefficient (Wildman–Crippen LogP) is 4.73. The van der Waals surface area contributed by atoms with Gasteiger partial charge in [-0.05, 0) is 42.5 Å². The number of nitrogens with zero attached hydrogens (tertiary/aromatic N) is 4. The first-order valence-corrected chi connectivity index (χ1v) is 8.23. The molecule has 1 aromatic heterocycles. The van der Waals surface area contributed by atoms with Crippen molar-refractivity contribution in [3.05, 3.63) is 58.7 Å². The van der Waals surface area contributed by atoms with Crippen molar-refractivity contribution in [1.29, 1.82) is 0 Å². The van der Waals surface area contributed by atoms with Crippen LogP contribution in [0.4, 0.5) is 28.8 Å². The zero-order chi connectivity index (χ0) is 17.8. The summed E-state index contributed by atoms with van der Waals surface area (Å²) in [7, 11) is 3.99. The summed E-state index contributed by atoms with van der Waals surface area (Å²) in [6.07, 6.45) is 1.55. The first-order chi connectivity index (χ1) is 12.0. The van der Waals surface area contributed by atoms with E-state index in [-0.39, 0.29) is 0 Å². The predicted molar refractivity (Wildman–Crippen MR) is 104 cm³/mol. The van der Waals surface area contributed by atoms with E-state index in [0.717, 1.165) is 11.4 Å². The van der Waals surface area contributed by atoms with E-state index in [0.29, 0.717) is 27.5 Å². The van der Waals surface area contributed by atoms with Gasteiger partial charge in [-0.3, -0.25) is 0 Å². The Labute approximate surface area is 155 Å². The third kappa shape index (κ3) is 4.49. The zero-order valence-corrected chi connectivity index (χ0v) is 15.2. The van der Waals surface area contributed by atoms with Crippen LogP contribution in [0, 0.1) is 0 Å². The van der Waals surface area contributed by atoms with Gasteiger partial charge in [-0.1, -0.05) is 23.2 Å². The Hall–Kier alpha value is -2.57. The summed E-state index contributed by atoms with van der Waals surface area (Å²) in [5.41, 5.74) is 2.67. The number of anilines is 5. The lowest BCUT2D eigenvalue weighted by Gasteiger charge is -2.13. The van der Waals surface area contributed by atoms with Crippen molar-refractivity contribution in [2.45, 2.75) is 0 Å². The van der Waals surface area contributed by atoms with Gasteiger partial charge in [0.25, 0.3) is 0 Å². The van der Waals surface area contributed by atoms with Gasteiger partial charge in [-0.2, -0.15) is 10.1 Å². The molecule has 0 fully saturated rings. The van der Waals surface area contributed by atoms with Gasteiger partial charge in [-0.25, -0.2) is 0 Å². The van der Waals surface area contributed by atoms with Crippen LogP contribution in [0.25, 0.3) is 0 Å². The molecule has 0 saturated carbocycles. The average Bonchev–Trinajstić information content (AvgIpc) is 2.58. The maximum Gasteiger partial charge on any atom is 0.249 e. The van der Waals surface area contributed by atoms with Crippen LogP contribution in [0.3, 0.4) is 0 Å². The van der Waals surface area contributed by atoms with Crippen molar-refractivity contribution in [1.82, 2.24) is 15.2 Å². The third-order valence-electron chi connectivity index (χ3n) is 3.39. The normalized spacial score (nSPS) is 10.4. The second kappa shape index (κ2) is 7.55. The molecule has 6 nitrogen and oxygen atoms in total. The lowest BCUT2D eigenvalue weighted by atomic mass is 10.2. The molecule has 128 valence electrons. The monoisotopic (exact) mass is 374 g/mol. The molecule has 0 atom stereocenters. The minimum absolute atomic E-state index is 0.333. The number of hydrogen-bond donors (Lipinski definition) is 2. The fraction of sp³-hybridized carbons (Fsp3) is 0.118. The smallest absolute Gasteiger partial charge is 0.249 e. The SMILES string of the molecule is CN(C)c1ccc(Nc2cnnc(Nc3ccc(Cl)cc3Cl)n2)cc1. The van der Waals surface area contributed by atoms with Gasteiger partial charge in [0, 0.05) is 30.5 Å². The van der Waals surface area contributed by atoms with E-state index in [4.69, 9.17) is 23.2 Å². The summed E-state index contributed by atoms with van der Waals surface area (Å²) in [5, 5.41) is 15.2. The number of halogens is 2. The Morgan fingerprint density at radius 3 is 2.40 bits per heavy atom. The molecule has 0 radical (unpaired) electrons. The van der Waals surface area contributed by atoms with Gasteiger partial charge < -0.3 is 15.5 Å². The fourth-order valence-corrected chi connectivity index (χ4v) is 2.57. The highest BCUT2D eigenvalue weighted by molar-refractivity contribution is 6.36. The minimum Gasteiger partial charge on any atom is -0.378 e. The molecule has 0 spiro atoms. The lowest BCUT2D eigenvalue weighted by Crippen LogP contribution is -2.08. The van der Waals surface area contributed by atoms with E-state index in [1.165, 1.54) is 0 Å². The van der Waals surface area contributed by atoms with Gasteiger partial charge >= 0.3 is 0 Å². The molecule has 3 rings (SSSR count). The highest BCUT2D eigenvalue weighted by atomic mass is 35.5. The van der Waals surface area contributed by atoms with Crippen LogP contribution < -0.4 is 15.5 Å². The van der Waals surface area contributed by atoms with Gasteiger partial charge in [0.2, 0.25) is 5.95 Å². The van der Waals surface area contributed by atoms with E-state index >= 15 is 0 Å². The highest BCUT2D eigenvalue weighted by Crippen LogP contribution is 2.27. The van der Waals surface area contributed by atoms with Gasteiger partial charge in [0.15, 0.2) is 5.82 Å². The summed E-state index contributed by atoms with van der Waals surface area (Å²) in [6.45, 7) is 0. The molecule has 2 N–H and O–H groups in total. The molecule has 3 aromatic rings. The Balaban J connectivity index is 1.75. The van der Waals surface area contributed by atoms with Crippen molar-refractivity contribution < 1.29 is 0 Å². The molecular formula is C17H16Cl2N6. The van der Waals surface area contributed by atoms with Crippen molar-refractivity contribution in [3.63, 3.8) is 0 Å². The Morgan fingerprint density at radius 1 is 0.960 bits per heavy atom. The molecule has 25 heavy (non-hydrogen) atoms. The fourth-order valence-electron chi connectivity index (χ4n) is 2.12. The van der Waals surface area contributed by atoms with Gasteiger partial charge in [0.1, 0.15) is 0 Å². The van der Waals surface area contributed by atoms with Crippen LogP contribution in [0.15, 0.2) is 48.7 Å². The third-order valence-corrected chi connectivity index (χ3v) is 3.94. The van der Waals surface area contributed by atoms with Crippen LogP contribution in [-0.4, -0.2) is 29.3 Å². The average molecular weight is 375 g/mol. The number of aromatic nitrogens is 3.